The van der Waals surface area contributed by atoms with Crippen molar-refractivity contribution in [3.63, 3.8) is 0 Å². The van der Waals surface area contributed by atoms with Gasteiger partial charge in [0.25, 0.3) is 5.91 Å². The summed E-state index contributed by atoms with van der Waals surface area (Å²) in [4.78, 5) is 12.2. The number of carbonyl (C=O) groups is 1. The highest BCUT2D eigenvalue weighted by Crippen LogP contribution is 2.24. The van der Waals surface area contributed by atoms with Gasteiger partial charge < -0.3 is 10.1 Å². The Balaban J connectivity index is 1.59. The zero-order valence-electron chi connectivity index (χ0n) is 15.3. The molecule has 0 spiro atoms. The number of benzene rings is 2. The van der Waals surface area contributed by atoms with E-state index in [0.29, 0.717) is 30.4 Å². The molecule has 0 unspecified atom stereocenters. The molecule has 6 nitrogen and oxygen atoms in total. The van der Waals surface area contributed by atoms with Gasteiger partial charge >= 0.3 is 0 Å². The molecule has 2 aromatic carbocycles. The average Bonchev–Trinajstić information content (AvgIpc) is 2.68. The first-order valence-corrected chi connectivity index (χ1v) is 10.5. The number of nitrogens with zero attached hydrogens (tertiary/aromatic N) is 1. The number of hydrogen-bond acceptors (Lipinski definition) is 4. The van der Waals surface area contributed by atoms with E-state index in [1.165, 1.54) is 12.1 Å². The number of nitrogens with one attached hydrogen (secondary N) is 1. The number of piperidine rings is 1. The maximum Gasteiger partial charge on any atom is 0.262 e. The summed E-state index contributed by atoms with van der Waals surface area (Å²) in [5.74, 6) is 0.681. The molecule has 144 valence electrons. The van der Waals surface area contributed by atoms with Gasteiger partial charge in [-0.05, 0) is 55.2 Å². The Hall–Kier alpha value is -2.38. The maximum absolute atomic E-state index is 12.7. The van der Waals surface area contributed by atoms with Crippen molar-refractivity contribution in [2.75, 3.05) is 25.0 Å². The van der Waals surface area contributed by atoms with Crippen molar-refractivity contribution in [3.8, 4) is 5.75 Å². The minimum atomic E-state index is -3.49. The third-order valence-corrected chi connectivity index (χ3v) is 6.39. The summed E-state index contributed by atoms with van der Waals surface area (Å²) in [7, 11) is -3.49. The van der Waals surface area contributed by atoms with Crippen molar-refractivity contribution < 1.29 is 17.9 Å². The summed E-state index contributed by atoms with van der Waals surface area (Å²) in [5.41, 5.74) is 0.530. The molecule has 1 atom stereocenters. The molecular formula is C20H24N2O4S. The van der Waals surface area contributed by atoms with Crippen LogP contribution < -0.4 is 10.1 Å². The molecule has 1 heterocycles. The molecule has 1 aliphatic heterocycles. The molecular weight excluding hydrogens is 364 g/mol. The van der Waals surface area contributed by atoms with E-state index in [-0.39, 0.29) is 17.4 Å². The van der Waals surface area contributed by atoms with Gasteiger partial charge in [-0.3, -0.25) is 4.79 Å². The quantitative estimate of drug-likeness (QED) is 0.825. The predicted octanol–water partition coefficient (Wildman–Crippen LogP) is 3.12. The van der Waals surface area contributed by atoms with Gasteiger partial charge in [-0.15, -0.1) is 0 Å². The largest absolute Gasteiger partial charge is 0.484 e. The van der Waals surface area contributed by atoms with E-state index in [4.69, 9.17) is 4.74 Å². The van der Waals surface area contributed by atoms with Gasteiger partial charge in [0.15, 0.2) is 6.61 Å². The van der Waals surface area contributed by atoms with Crippen LogP contribution in [0.15, 0.2) is 59.5 Å². The molecule has 0 aromatic heterocycles. The minimum Gasteiger partial charge on any atom is -0.484 e. The van der Waals surface area contributed by atoms with Gasteiger partial charge in [0.2, 0.25) is 10.0 Å². The third-order valence-electron chi connectivity index (χ3n) is 4.51. The molecule has 1 aliphatic rings. The third kappa shape index (κ3) is 5.08. The molecule has 3 rings (SSSR count). The van der Waals surface area contributed by atoms with E-state index in [1.54, 1.807) is 28.6 Å². The van der Waals surface area contributed by atoms with Crippen LogP contribution in [-0.4, -0.2) is 38.3 Å². The van der Waals surface area contributed by atoms with Gasteiger partial charge in [0.1, 0.15) is 5.75 Å². The summed E-state index contributed by atoms with van der Waals surface area (Å²) in [6.07, 6.45) is 1.94. The molecule has 1 amide bonds. The Morgan fingerprint density at radius 2 is 1.85 bits per heavy atom. The maximum atomic E-state index is 12.7. The highest BCUT2D eigenvalue weighted by molar-refractivity contribution is 7.89. The Kier molecular flexibility index (Phi) is 6.13. The molecule has 7 heteroatoms. The van der Waals surface area contributed by atoms with E-state index in [1.807, 2.05) is 18.2 Å². The van der Waals surface area contributed by atoms with Crippen LogP contribution in [0.2, 0.25) is 0 Å². The Labute approximate surface area is 160 Å². The lowest BCUT2D eigenvalue weighted by molar-refractivity contribution is -0.118. The smallest absolute Gasteiger partial charge is 0.262 e. The summed E-state index contributed by atoms with van der Waals surface area (Å²) >= 11 is 0. The number of sulfonamides is 1. The monoisotopic (exact) mass is 388 g/mol. The van der Waals surface area contributed by atoms with Crippen LogP contribution >= 0.6 is 0 Å². The first kappa shape index (κ1) is 19.4. The fourth-order valence-corrected chi connectivity index (χ4v) is 4.68. The van der Waals surface area contributed by atoms with Crippen LogP contribution in [-0.2, 0) is 14.8 Å². The number of para-hydroxylation sites is 1. The van der Waals surface area contributed by atoms with Gasteiger partial charge in [-0.2, -0.15) is 4.31 Å². The predicted molar refractivity (Wildman–Crippen MR) is 104 cm³/mol. The van der Waals surface area contributed by atoms with E-state index in [2.05, 4.69) is 12.2 Å². The Morgan fingerprint density at radius 3 is 2.52 bits per heavy atom. The second-order valence-electron chi connectivity index (χ2n) is 6.78. The summed E-state index contributed by atoms with van der Waals surface area (Å²) < 4.78 is 32.4. The van der Waals surface area contributed by atoms with Crippen molar-refractivity contribution in [1.29, 1.82) is 0 Å². The van der Waals surface area contributed by atoms with Crippen molar-refractivity contribution >= 4 is 21.6 Å². The van der Waals surface area contributed by atoms with Crippen LogP contribution in [0.5, 0.6) is 5.75 Å². The van der Waals surface area contributed by atoms with Crippen molar-refractivity contribution in [1.82, 2.24) is 4.31 Å². The number of carbonyl (C=O) groups excluding carboxylic acids is 1. The minimum absolute atomic E-state index is 0.115. The van der Waals surface area contributed by atoms with E-state index in [0.717, 1.165) is 12.8 Å². The van der Waals surface area contributed by atoms with Crippen LogP contribution in [0.3, 0.4) is 0 Å². The molecule has 0 saturated carbocycles. The van der Waals surface area contributed by atoms with Crippen LogP contribution in [0, 0.1) is 5.92 Å². The number of ether oxygens (including phenoxy) is 1. The van der Waals surface area contributed by atoms with Crippen LogP contribution in [0.25, 0.3) is 0 Å². The standard InChI is InChI=1S/C20H24N2O4S/c1-16-6-5-13-22(14-16)27(24,25)19-11-9-17(10-12-19)21-20(23)15-26-18-7-3-2-4-8-18/h2-4,7-12,16H,5-6,13-15H2,1H3,(H,21,23)/t16-/m1/s1. The number of amides is 1. The first-order chi connectivity index (χ1) is 12.9. The second-order valence-corrected chi connectivity index (χ2v) is 8.72. The topological polar surface area (TPSA) is 75.7 Å². The van der Waals surface area contributed by atoms with Crippen LogP contribution in [0.1, 0.15) is 19.8 Å². The SMILES string of the molecule is C[C@@H]1CCCN(S(=O)(=O)c2ccc(NC(=O)COc3ccccc3)cc2)C1. The number of anilines is 1. The normalized spacial score (nSPS) is 18.0. The fraction of sp³-hybridized carbons (Fsp3) is 0.350. The average molecular weight is 388 g/mol. The van der Waals surface area contributed by atoms with Gasteiger partial charge in [-0.25, -0.2) is 8.42 Å². The summed E-state index contributed by atoms with van der Waals surface area (Å²) in [6.45, 7) is 3.06. The van der Waals surface area contributed by atoms with Crippen molar-refractivity contribution in [2.24, 2.45) is 5.92 Å². The van der Waals surface area contributed by atoms with Crippen molar-refractivity contribution in [2.45, 2.75) is 24.7 Å². The van der Waals surface area contributed by atoms with E-state index < -0.39 is 10.0 Å². The highest BCUT2D eigenvalue weighted by Gasteiger charge is 2.28. The molecule has 1 saturated heterocycles. The molecule has 0 aliphatic carbocycles. The Morgan fingerprint density at radius 1 is 1.15 bits per heavy atom. The molecule has 0 bridgehead atoms. The van der Waals surface area contributed by atoms with Crippen LogP contribution in [0.4, 0.5) is 5.69 Å². The van der Waals surface area contributed by atoms with Gasteiger partial charge in [0, 0.05) is 18.8 Å². The molecule has 27 heavy (non-hydrogen) atoms. The fourth-order valence-electron chi connectivity index (χ4n) is 3.09. The van der Waals surface area contributed by atoms with Gasteiger partial charge in [0.05, 0.1) is 4.90 Å². The van der Waals surface area contributed by atoms with Crippen molar-refractivity contribution in [3.05, 3.63) is 54.6 Å². The lowest BCUT2D eigenvalue weighted by Gasteiger charge is -2.30. The summed E-state index contributed by atoms with van der Waals surface area (Å²) in [5, 5.41) is 2.71. The van der Waals surface area contributed by atoms with Gasteiger partial charge in [-0.1, -0.05) is 25.1 Å². The molecule has 0 radical (unpaired) electrons. The number of rotatable bonds is 6. The highest BCUT2D eigenvalue weighted by atomic mass is 32.2. The number of hydrogen-bond donors (Lipinski definition) is 1. The van der Waals surface area contributed by atoms with E-state index >= 15 is 0 Å². The molecule has 1 fully saturated rings. The zero-order chi connectivity index (χ0) is 19.3. The Bertz CT molecular complexity index is 867. The zero-order valence-corrected chi connectivity index (χ0v) is 16.1. The second kappa shape index (κ2) is 8.54. The first-order valence-electron chi connectivity index (χ1n) is 9.03. The molecule has 1 N–H and O–H groups in total. The lowest BCUT2D eigenvalue weighted by atomic mass is 10.0. The lowest BCUT2D eigenvalue weighted by Crippen LogP contribution is -2.39. The summed E-state index contributed by atoms with van der Waals surface area (Å²) in [6, 6.07) is 15.3. The molecule has 2 aromatic rings. The van der Waals surface area contributed by atoms with E-state index in [9.17, 15) is 13.2 Å².